The number of nitro benzene ring substituents is 1. The van der Waals surface area contributed by atoms with Crippen molar-refractivity contribution in [3.8, 4) is 0 Å². The molecule has 0 atom stereocenters. The Morgan fingerprint density at radius 3 is 2.52 bits per heavy atom. The van der Waals surface area contributed by atoms with E-state index in [1.54, 1.807) is 11.9 Å². The van der Waals surface area contributed by atoms with Crippen LogP contribution in [0.15, 0.2) is 21.7 Å². The smallest absolute Gasteiger partial charge is 0.348 e. The number of sulfonamides is 1. The van der Waals surface area contributed by atoms with Gasteiger partial charge in [-0.1, -0.05) is 0 Å². The van der Waals surface area contributed by atoms with Gasteiger partial charge in [-0.15, -0.1) is 0 Å². The molecule has 1 saturated heterocycles. The fraction of sp³-hybridized carbons (Fsp3) is 0.467. The Balaban J connectivity index is 2.25. The van der Waals surface area contributed by atoms with Crippen molar-refractivity contribution < 1.29 is 18.1 Å². The molecule has 0 aliphatic carbocycles. The highest BCUT2D eigenvalue weighted by atomic mass is 32.2. The molecular weight excluding hydrogens is 408 g/mol. The van der Waals surface area contributed by atoms with Crippen molar-refractivity contribution in [3.05, 3.63) is 43.1 Å². The largest absolute Gasteiger partial charge is 0.379 e. The summed E-state index contributed by atoms with van der Waals surface area (Å²) in [6.45, 7) is 4.11. The molecule has 0 bridgehead atoms. The van der Waals surface area contributed by atoms with E-state index in [4.69, 9.17) is 4.74 Å². The number of hydrogen-bond donors (Lipinski definition) is 2. The van der Waals surface area contributed by atoms with Crippen LogP contribution in [0.2, 0.25) is 0 Å². The summed E-state index contributed by atoms with van der Waals surface area (Å²) in [5.41, 5.74) is -2.21. The first-order valence-electron chi connectivity index (χ1n) is 8.67. The van der Waals surface area contributed by atoms with Crippen LogP contribution in [0.4, 0.5) is 11.4 Å². The topological polar surface area (TPSA) is 160 Å². The first-order valence-corrected chi connectivity index (χ1v) is 10.6. The molecule has 158 valence electrons. The number of aromatic amines is 1. The first-order chi connectivity index (χ1) is 13.6. The van der Waals surface area contributed by atoms with Crippen LogP contribution in [0.25, 0.3) is 10.9 Å². The Morgan fingerprint density at radius 2 is 1.97 bits per heavy atom. The summed E-state index contributed by atoms with van der Waals surface area (Å²) in [5, 5.41) is 15.1. The van der Waals surface area contributed by atoms with E-state index >= 15 is 0 Å². The quantitative estimate of drug-likeness (QED) is 0.442. The molecule has 1 aliphatic rings. The molecule has 14 heteroatoms. The average Bonchev–Trinajstić information content (AvgIpc) is 2.65. The number of benzene rings is 1. The van der Waals surface area contributed by atoms with Gasteiger partial charge in [-0.2, -0.15) is 4.68 Å². The number of morpholine rings is 1. The Morgan fingerprint density at radius 1 is 1.31 bits per heavy atom. The SMILES string of the molecule is CCN(c1cc2c(=O)n(NS(C)(=O)=O)c(=O)[nH]c2cc1[N+](=O)[O-])N1CCOCC1. The van der Waals surface area contributed by atoms with Gasteiger partial charge in [-0.05, 0) is 13.0 Å². The molecule has 0 spiro atoms. The van der Waals surface area contributed by atoms with Gasteiger partial charge in [0.15, 0.2) is 0 Å². The number of H-pyrrole nitrogens is 1. The number of nitrogens with zero attached hydrogens (tertiary/aromatic N) is 4. The number of hydrazine groups is 1. The van der Waals surface area contributed by atoms with Crippen LogP contribution in [0.3, 0.4) is 0 Å². The van der Waals surface area contributed by atoms with Crippen LogP contribution in [0.5, 0.6) is 0 Å². The molecule has 0 saturated carbocycles. The molecule has 1 aliphatic heterocycles. The van der Waals surface area contributed by atoms with Gasteiger partial charge in [0.25, 0.3) is 11.2 Å². The predicted octanol–water partition coefficient (Wildman–Crippen LogP) is -0.825. The third-order valence-electron chi connectivity index (χ3n) is 4.35. The van der Waals surface area contributed by atoms with Gasteiger partial charge in [0, 0.05) is 25.7 Å². The Hall–Kier alpha value is -2.97. The number of nitro groups is 1. The lowest BCUT2D eigenvalue weighted by Crippen LogP contribution is -2.49. The van der Waals surface area contributed by atoms with Crippen LogP contribution in [-0.4, -0.2) is 67.1 Å². The summed E-state index contributed by atoms with van der Waals surface area (Å²) in [6.07, 6.45) is 0.793. The summed E-state index contributed by atoms with van der Waals surface area (Å²) < 4.78 is 28.6. The van der Waals surface area contributed by atoms with Gasteiger partial charge in [-0.3, -0.25) is 19.9 Å². The maximum absolute atomic E-state index is 12.7. The lowest BCUT2D eigenvalue weighted by Gasteiger charge is -2.37. The van der Waals surface area contributed by atoms with Gasteiger partial charge >= 0.3 is 5.69 Å². The van der Waals surface area contributed by atoms with E-state index in [1.165, 1.54) is 6.07 Å². The Kier molecular flexibility index (Phi) is 5.59. The molecular formula is C15H20N6O7S. The van der Waals surface area contributed by atoms with Crippen molar-refractivity contribution >= 4 is 32.3 Å². The Labute approximate surface area is 164 Å². The zero-order valence-corrected chi connectivity index (χ0v) is 16.6. The van der Waals surface area contributed by atoms with Crippen molar-refractivity contribution in [1.29, 1.82) is 0 Å². The van der Waals surface area contributed by atoms with Gasteiger partial charge in [0.05, 0.1) is 35.3 Å². The van der Waals surface area contributed by atoms with E-state index < -0.39 is 26.2 Å². The van der Waals surface area contributed by atoms with Crippen molar-refractivity contribution in [2.24, 2.45) is 0 Å². The summed E-state index contributed by atoms with van der Waals surface area (Å²) in [4.78, 5) is 40.1. The minimum Gasteiger partial charge on any atom is -0.379 e. The molecule has 29 heavy (non-hydrogen) atoms. The maximum Gasteiger partial charge on any atom is 0.348 e. The van der Waals surface area contributed by atoms with Gasteiger partial charge in [0.2, 0.25) is 10.0 Å². The molecule has 2 heterocycles. The van der Waals surface area contributed by atoms with Gasteiger partial charge in [-0.25, -0.2) is 23.1 Å². The van der Waals surface area contributed by atoms with Gasteiger partial charge in [0.1, 0.15) is 5.69 Å². The second-order valence-electron chi connectivity index (χ2n) is 6.36. The molecule has 0 unspecified atom stereocenters. The zero-order valence-electron chi connectivity index (χ0n) is 15.7. The summed E-state index contributed by atoms with van der Waals surface area (Å²) in [7, 11) is -3.91. The van der Waals surface area contributed by atoms with Crippen molar-refractivity contribution in [2.45, 2.75) is 6.92 Å². The molecule has 2 aromatic rings. The van der Waals surface area contributed by atoms with E-state index in [-0.39, 0.29) is 22.3 Å². The molecule has 1 aromatic heterocycles. The maximum atomic E-state index is 12.7. The minimum absolute atomic E-state index is 0.0694. The standard InChI is InChI=1S/C15H20N6O7S/c1-3-19(18-4-6-28-7-5-18)12-8-10-11(9-13(12)21(24)25)16-15(23)20(14(10)22)17-29(2,26)27/h8-9,17H,3-7H2,1-2H3,(H,16,23). The molecule has 1 fully saturated rings. The first kappa shape index (κ1) is 20.8. The second kappa shape index (κ2) is 7.81. The van der Waals surface area contributed by atoms with E-state index in [1.807, 2.05) is 9.84 Å². The lowest BCUT2D eigenvalue weighted by atomic mass is 10.2. The number of hydrogen-bond acceptors (Lipinski definition) is 9. The number of fused-ring (bicyclic) bond motifs is 1. The molecule has 0 radical (unpaired) electrons. The number of anilines is 1. The fourth-order valence-corrected chi connectivity index (χ4v) is 3.66. The average molecular weight is 428 g/mol. The molecule has 0 amide bonds. The van der Waals surface area contributed by atoms with E-state index in [2.05, 4.69) is 4.98 Å². The number of rotatable bonds is 6. The lowest BCUT2D eigenvalue weighted by molar-refractivity contribution is -0.384. The van der Waals surface area contributed by atoms with Crippen LogP contribution in [0.1, 0.15) is 6.92 Å². The van der Waals surface area contributed by atoms with E-state index in [0.29, 0.717) is 37.5 Å². The summed E-state index contributed by atoms with van der Waals surface area (Å²) in [5.74, 6) is 0. The minimum atomic E-state index is -3.91. The second-order valence-corrected chi connectivity index (χ2v) is 8.09. The normalized spacial score (nSPS) is 15.4. The Bertz CT molecular complexity index is 1170. The number of nitrogens with one attached hydrogen (secondary N) is 2. The zero-order chi connectivity index (χ0) is 21.3. The number of ether oxygens (including phenoxy) is 1. The van der Waals surface area contributed by atoms with Crippen LogP contribution < -0.4 is 21.1 Å². The van der Waals surface area contributed by atoms with Crippen molar-refractivity contribution in [3.63, 3.8) is 0 Å². The fourth-order valence-electron chi connectivity index (χ4n) is 3.16. The van der Waals surface area contributed by atoms with E-state index in [9.17, 15) is 28.1 Å². The molecule has 13 nitrogen and oxygen atoms in total. The summed E-state index contributed by atoms with van der Waals surface area (Å²) in [6, 6.07) is 2.38. The highest BCUT2D eigenvalue weighted by Crippen LogP contribution is 2.32. The molecule has 1 aromatic carbocycles. The molecule has 3 rings (SSSR count). The van der Waals surface area contributed by atoms with Crippen LogP contribution in [-0.2, 0) is 14.8 Å². The van der Waals surface area contributed by atoms with Crippen LogP contribution in [0, 0.1) is 10.1 Å². The highest BCUT2D eigenvalue weighted by molar-refractivity contribution is 7.91. The predicted molar refractivity (Wildman–Crippen MR) is 105 cm³/mol. The van der Waals surface area contributed by atoms with E-state index in [0.717, 1.165) is 12.3 Å². The van der Waals surface area contributed by atoms with Crippen molar-refractivity contribution in [1.82, 2.24) is 14.7 Å². The monoisotopic (exact) mass is 428 g/mol. The van der Waals surface area contributed by atoms with Gasteiger partial charge < -0.3 is 9.72 Å². The third kappa shape index (κ3) is 4.23. The van der Waals surface area contributed by atoms with Crippen molar-refractivity contribution in [2.75, 3.05) is 48.9 Å². The summed E-state index contributed by atoms with van der Waals surface area (Å²) >= 11 is 0. The number of aromatic nitrogens is 2. The third-order valence-corrected chi connectivity index (χ3v) is 4.87. The highest BCUT2D eigenvalue weighted by Gasteiger charge is 2.27. The van der Waals surface area contributed by atoms with Crippen LogP contribution >= 0.6 is 0 Å². The molecule has 2 N–H and O–H groups in total.